The number of nitrogens with one attached hydrogen (secondary N) is 1. The van der Waals surface area contributed by atoms with Crippen LogP contribution < -0.4 is 5.32 Å². The molecule has 0 atom stereocenters. The van der Waals surface area contributed by atoms with E-state index in [4.69, 9.17) is 19.3 Å². The first-order chi connectivity index (χ1) is 15.7. The van der Waals surface area contributed by atoms with Crippen LogP contribution in [0.5, 0.6) is 0 Å². The molecule has 0 radical (unpaired) electrons. The lowest BCUT2D eigenvalue weighted by Crippen LogP contribution is -2.49. The third-order valence-electron chi connectivity index (χ3n) is 5.57. The molecule has 4 heterocycles. The normalized spacial score (nSPS) is 17.2. The quantitative estimate of drug-likeness (QED) is 0.583. The number of carbonyl (C=O) groups is 2. The Labute approximate surface area is 190 Å². The molecule has 2 N–H and O–H groups in total. The molecule has 0 aliphatic carbocycles. The minimum absolute atomic E-state index is 0.0270. The van der Waals surface area contributed by atoms with Crippen molar-refractivity contribution in [3.63, 3.8) is 0 Å². The molecule has 1 saturated heterocycles. The molecule has 2 aliphatic rings. The molecule has 0 unspecified atom stereocenters. The second-order valence-electron chi connectivity index (χ2n) is 7.76. The zero-order chi connectivity index (χ0) is 23.6. The lowest BCUT2D eigenvalue weighted by Gasteiger charge is -2.38. The molecule has 1 spiro atoms. The Hall–Kier alpha value is -3.18. The first kappa shape index (κ1) is 23.0. The molecule has 1 fully saturated rings. The maximum absolute atomic E-state index is 12.6. The van der Waals surface area contributed by atoms with Gasteiger partial charge in [0.1, 0.15) is 15.6 Å². The van der Waals surface area contributed by atoms with E-state index < -0.39 is 12.1 Å². The molecule has 174 valence electrons. The third kappa shape index (κ3) is 4.93. The summed E-state index contributed by atoms with van der Waals surface area (Å²) < 4.78 is 37.2. The van der Waals surface area contributed by atoms with Gasteiger partial charge in [-0.3, -0.25) is 9.69 Å². The molecular formula is C22H20F3N3O4S. The monoisotopic (exact) mass is 479 g/mol. The largest absolute Gasteiger partial charge is 0.490 e. The van der Waals surface area contributed by atoms with Gasteiger partial charge in [0.05, 0.1) is 24.0 Å². The predicted molar refractivity (Wildman–Crippen MR) is 114 cm³/mol. The fraction of sp³-hybridized carbons (Fsp3) is 0.318. The van der Waals surface area contributed by atoms with E-state index in [1.54, 1.807) is 6.26 Å². The number of benzene rings is 1. The Morgan fingerprint density at radius 3 is 2.42 bits per heavy atom. The van der Waals surface area contributed by atoms with Gasteiger partial charge in [-0.05, 0) is 25.0 Å². The summed E-state index contributed by atoms with van der Waals surface area (Å²) in [6.07, 6.45) is -1.61. The summed E-state index contributed by atoms with van der Waals surface area (Å²) in [6, 6.07) is 14.0. The number of halogens is 3. The molecule has 0 bridgehead atoms. The molecule has 5 rings (SSSR count). The van der Waals surface area contributed by atoms with E-state index in [-0.39, 0.29) is 11.4 Å². The molecule has 2 aromatic heterocycles. The maximum atomic E-state index is 12.6. The van der Waals surface area contributed by atoms with Crippen molar-refractivity contribution in [1.82, 2.24) is 15.2 Å². The SMILES string of the molecule is O=C(O)C(F)(F)F.O=C1NC2(CCN(Cc3ccco3)CC2)c2nc(-c3ccccc3)sc21. The number of furan rings is 1. The number of likely N-dealkylation sites (tertiary alicyclic amines) is 1. The standard InChI is InChI=1S/C20H19N3O2S.C2HF3O2/c24-18-16-17(21-19(26-16)14-5-2-1-3-6-14)20(22-18)8-10-23(11-9-20)13-15-7-4-12-25-15;3-2(4,5)1(6)7/h1-7,12H,8-11,13H2,(H,22,24);(H,6,7). The number of fused-ring (bicyclic) bond motifs is 2. The number of amides is 1. The second-order valence-corrected chi connectivity index (χ2v) is 8.76. The minimum atomic E-state index is -5.08. The smallest absolute Gasteiger partial charge is 0.475 e. The molecule has 1 amide bonds. The van der Waals surface area contributed by atoms with Crippen LogP contribution in [0.15, 0.2) is 53.1 Å². The van der Waals surface area contributed by atoms with Crippen molar-refractivity contribution in [3.8, 4) is 10.6 Å². The highest BCUT2D eigenvalue weighted by molar-refractivity contribution is 7.17. The van der Waals surface area contributed by atoms with E-state index in [0.717, 1.165) is 59.4 Å². The van der Waals surface area contributed by atoms with Crippen LogP contribution in [0.1, 0.15) is 34.0 Å². The van der Waals surface area contributed by atoms with Crippen LogP contribution in [-0.4, -0.2) is 46.1 Å². The summed E-state index contributed by atoms with van der Waals surface area (Å²) in [5, 5.41) is 11.3. The number of nitrogens with zero attached hydrogens (tertiary/aromatic N) is 2. The summed E-state index contributed by atoms with van der Waals surface area (Å²) >= 11 is 1.50. The van der Waals surface area contributed by atoms with Gasteiger partial charge in [-0.15, -0.1) is 11.3 Å². The van der Waals surface area contributed by atoms with Crippen LogP contribution >= 0.6 is 11.3 Å². The Balaban J connectivity index is 0.000000325. The van der Waals surface area contributed by atoms with E-state index in [2.05, 4.69) is 10.2 Å². The summed E-state index contributed by atoms with van der Waals surface area (Å²) in [5.74, 6) is -1.75. The average Bonchev–Trinajstić information content (AvgIpc) is 3.50. The second kappa shape index (κ2) is 8.99. The van der Waals surface area contributed by atoms with Crippen molar-refractivity contribution in [1.29, 1.82) is 0 Å². The van der Waals surface area contributed by atoms with E-state index in [9.17, 15) is 18.0 Å². The zero-order valence-corrected chi connectivity index (χ0v) is 18.1. The fourth-order valence-corrected chi connectivity index (χ4v) is 4.98. The molecule has 3 aromatic rings. The van der Waals surface area contributed by atoms with Crippen molar-refractivity contribution in [3.05, 3.63) is 65.1 Å². The number of piperidine rings is 1. The predicted octanol–water partition coefficient (Wildman–Crippen LogP) is 4.27. The van der Waals surface area contributed by atoms with Crippen LogP contribution in [0.25, 0.3) is 10.6 Å². The lowest BCUT2D eigenvalue weighted by atomic mass is 9.86. The van der Waals surface area contributed by atoms with Gasteiger partial charge in [0.15, 0.2) is 0 Å². The molecule has 33 heavy (non-hydrogen) atoms. The number of alkyl halides is 3. The minimum Gasteiger partial charge on any atom is -0.475 e. The number of aliphatic carboxylic acids is 1. The zero-order valence-electron chi connectivity index (χ0n) is 17.3. The van der Waals surface area contributed by atoms with Crippen LogP contribution in [0.2, 0.25) is 0 Å². The fourth-order valence-electron chi connectivity index (χ4n) is 3.91. The average molecular weight is 479 g/mol. The van der Waals surface area contributed by atoms with Gasteiger partial charge < -0.3 is 14.8 Å². The van der Waals surface area contributed by atoms with Crippen molar-refractivity contribution >= 4 is 23.2 Å². The number of carboxylic acids is 1. The number of aromatic nitrogens is 1. The first-order valence-electron chi connectivity index (χ1n) is 10.1. The van der Waals surface area contributed by atoms with Crippen molar-refractivity contribution in [2.75, 3.05) is 13.1 Å². The molecule has 0 saturated carbocycles. The highest BCUT2D eigenvalue weighted by atomic mass is 32.1. The summed E-state index contributed by atoms with van der Waals surface area (Å²) in [7, 11) is 0. The van der Waals surface area contributed by atoms with Crippen molar-refractivity contribution < 1.29 is 32.3 Å². The van der Waals surface area contributed by atoms with Crippen molar-refractivity contribution in [2.24, 2.45) is 0 Å². The van der Waals surface area contributed by atoms with E-state index in [1.165, 1.54) is 11.3 Å². The number of thiazole rings is 1. The van der Waals surface area contributed by atoms with Crippen molar-refractivity contribution in [2.45, 2.75) is 31.1 Å². The molecule has 1 aromatic carbocycles. The van der Waals surface area contributed by atoms with Crippen LogP contribution in [0.4, 0.5) is 13.2 Å². The molecule has 11 heteroatoms. The number of hydrogen-bond donors (Lipinski definition) is 2. The van der Waals surface area contributed by atoms with Gasteiger partial charge in [-0.25, -0.2) is 9.78 Å². The summed E-state index contributed by atoms with van der Waals surface area (Å²) in [6.45, 7) is 2.65. The van der Waals surface area contributed by atoms with E-state index >= 15 is 0 Å². The van der Waals surface area contributed by atoms with Gasteiger partial charge in [-0.2, -0.15) is 13.2 Å². The van der Waals surface area contributed by atoms with Gasteiger partial charge in [-0.1, -0.05) is 30.3 Å². The first-order valence-corrected chi connectivity index (χ1v) is 10.9. The number of rotatable bonds is 3. The molecule has 2 aliphatic heterocycles. The Morgan fingerprint density at radius 1 is 1.18 bits per heavy atom. The van der Waals surface area contributed by atoms with Crippen LogP contribution in [0.3, 0.4) is 0 Å². The van der Waals surface area contributed by atoms with Crippen LogP contribution in [-0.2, 0) is 16.9 Å². The topological polar surface area (TPSA) is 95.7 Å². The summed E-state index contributed by atoms with van der Waals surface area (Å²) in [5.41, 5.74) is 1.71. The van der Waals surface area contributed by atoms with E-state index in [0.29, 0.717) is 0 Å². The van der Waals surface area contributed by atoms with Gasteiger partial charge in [0.2, 0.25) is 0 Å². The van der Waals surface area contributed by atoms with Gasteiger partial charge in [0, 0.05) is 18.7 Å². The summed E-state index contributed by atoms with van der Waals surface area (Å²) in [4.78, 5) is 29.5. The lowest BCUT2D eigenvalue weighted by molar-refractivity contribution is -0.192. The Kier molecular flexibility index (Phi) is 6.26. The number of carboxylic acid groups (broad SMARTS) is 1. The number of hydrogen-bond acceptors (Lipinski definition) is 6. The maximum Gasteiger partial charge on any atom is 0.490 e. The van der Waals surface area contributed by atoms with E-state index in [1.807, 2.05) is 42.5 Å². The van der Waals surface area contributed by atoms with Crippen LogP contribution in [0, 0.1) is 0 Å². The molecule has 7 nitrogen and oxygen atoms in total. The highest BCUT2D eigenvalue weighted by Gasteiger charge is 2.47. The third-order valence-corrected chi connectivity index (χ3v) is 6.68. The molecular weight excluding hydrogens is 459 g/mol. The van der Waals surface area contributed by atoms with Gasteiger partial charge in [0.25, 0.3) is 5.91 Å². The highest BCUT2D eigenvalue weighted by Crippen LogP contribution is 2.43. The van der Waals surface area contributed by atoms with Gasteiger partial charge >= 0.3 is 12.1 Å². The Bertz CT molecular complexity index is 1120. The number of carbonyl (C=O) groups excluding carboxylic acids is 1. The Morgan fingerprint density at radius 2 is 1.85 bits per heavy atom.